The first kappa shape index (κ1) is 15.2. The van der Waals surface area contributed by atoms with Gasteiger partial charge in [0.25, 0.3) is 0 Å². The van der Waals surface area contributed by atoms with Crippen LogP contribution in [0, 0.1) is 5.92 Å². The molecular formula is C17H25N5. The zero-order valence-electron chi connectivity index (χ0n) is 13.3. The van der Waals surface area contributed by atoms with Gasteiger partial charge < -0.3 is 5.73 Å². The van der Waals surface area contributed by atoms with Crippen molar-refractivity contribution in [1.29, 1.82) is 0 Å². The summed E-state index contributed by atoms with van der Waals surface area (Å²) >= 11 is 0. The molecule has 5 nitrogen and oxygen atoms in total. The molecule has 0 amide bonds. The van der Waals surface area contributed by atoms with Gasteiger partial charge in [0.05, 0.1) is 6.04 Å². The SMILES string of the molecule is CCn1nc(-c2ccncc2)nc1[C@@H](N)CC1CCCCC1. The fourth-order valence-corrected chi connectivity index (χ4v) is 3.37. The lowest BCUT2D eigenvalue weighted by Gasteiger charge is -2.24. The average molecular weight is 299 g/mol. The first-order valence-corrected chi connectivity index (χ1v) is 8.38. The molecule has 2 heterocycles. The van der Waals surface area contributed by atoms with Crippen LogP contribution in [-0.2, 0) is 6.54 Å². The second-order valence-electron chi connectivity index (χ2n) is 6.19. The summed E-state index contributed by atoms with van der Waals surface area (Å²) in [7, 11) is 0. The molecule has 1 aliphatic carbocycles. The number of nitrogens with two attached hydrogens (primary N) is 1. The maximum atomic E-state index is 6.46. The summed E-state index contributed by atoms with van der Waals surface area (Å²) in [6.07, 6.45) is 11.3. The molecule has 3 rings (SSSR count). The van der Waals surface area contributed by atoms with Crippen LogP contribution in [0.4, 0.5) is 0 Å². The van der Waals surface area contributed by atoms with Gasteiger partial charge in [-0.3, -0.25) is 4.98 Å². The molecule has 0 aromatic carbocycles. The zero-order valence-corrected chi connectivity index (χ0v) is 13.3. The molecule has 2 aromatic heterocycles. The second kappa shape index (κ2) is 7.01. The summed E-state index contributed by atoms with van der Waals surface area (Å²) < 4.78 is 1.95. The molecule has 2 N–H and O–H groups in total. The van der Waals surface area contributed by atoms with Gasteiger partial charge >= 0.3 is 0 Å². The summed E-state index contributed by atoms with van der Waals surface area (Å²) in [5.74, 6) is 2.41. The lowest BCUT2D eigenvalue weighted by molar-refractivity contribution is 0.312. The van der Waals surface area contributed by atoms with E-state index in [1.54, 1.807) is 12.4 Å². The Bertz CT molecular complexity index is 586. The number of hydrogen-bond donors (Lipinski definition) is 1. The van der Waals surface area contributed by atoms with Gasteiger partial charge in [-0.05, 0) is 31.4 Å². The van der Waals surface area contributed by atoms with Crippen molar-refractivity contribution in [2.45, 2.75) is 58.0 Å². The molecule has 1 saturated carbocycles. The van der Waals surface area contributed by atoms with E-state index in [0.29, 0.717) is 0 Å². The highest BCUT2D eigenvalue weighted by molar-refractivity contribution is 5.53. The number of pyridine rings is 1. The predicted octanol–water partition coefficient (Wildman–Crippen LogP) is 3.33. The third kappa shape index (κ3) is 3.35. The smallest absolute Gasteiger partial charge is 0.181 e. The van der Waals surface area contributed by atoms with Gasteiger partial charge in [0.1, 0.15) is 5.82 Å². The van der Waals surface area contributed by atoms with Gasteiger partial charge in [0.15, 0.2) is 5.82 Å². The number of rotatable bonds is 5. The molecule has 0 aliphatic heterocycles. The van der Waals surface area contributed by atoms with Crippen molar-refractivity contribution in [3.63, 3.8) is 0 Å². The fraction of sp³-hybridized carbons (Fsp3) is 0.588. The minimum absolute atomic E-state index is 0.0221. The van der Waals surface area contributed by atoms with Crippen LogP contribution < -0.4 is 5.73 Å². The maximum absolute atomic E-state index is 6.46. The number of aromatic nitrogens is 4. The Morgan fingerprint density at radius 2 is 1.95 bits per heavy atom. The first-order chi connectivity index (χ1) is 10.8. The standard InChI is InChI=1S/C17H25N5/c1-2-22-17(15(18)12-13-6-4-3-5-7-13)20-16(21-22)14-8-10-19-11-9-14/h8-11,13,15H,2-7,12,18H2,1H3/t15-/m0/s1. The van der Waals surface area contributed by atoms with E-state index in [1.165, 1.54) is 32.1 Å². The molecule has 0 saturated heterocycles. The molecule has 22 heavy (non-hydrogen) atoms. The van der Waals surface area contributed by atoms with E-state index in [2.05, 4.69) is 17.0 Å². The molecule has 118 valence electrons. The Kier molecular flexibility index (Phi) is 4.83. The third-order valence-corrected chi connectivity index (χ3v) is 4.58. The van der Waals surface area contributed by atoms with Crippen molar-refractivity contribution in [3.05, 3.63) is 30.4 Å². The lowest BCUT2D eigenvalue weighted by Crippen LogP contribution is -2.21. The van der Waals surface area contributed by atoms with Crippen LogP contribution in [0.25, 0.3) is 11.4 Å². The molecule has 2 aromatic rings. The maximum Gasteiger partial charge on any atom is 0.181 e. The largest absolute Gasteiger partial charge is 0.321 e. The molecule has 0 spiro atoms. The van der Waals surface area contributed by atoms with Crippen LogP contribution in [0.2, 0.25) is 0 Å². The van der Waals surface area contributed by atoms with E-state index in [-0.39, 0.29) is 6.04 Å². The highest BCUT2D eigenvalue weighted by atomic mass is 15.4. The van der Waals surface area contributed by atoms with Gasteiger partial charge in [0.2, 0.25) is 0 Å². The molecule has 0 radical (unpaired) electrons. The molecule has 0 unspecified atom stereocenters. The third-order valence-electron chi connectivity index (χ3n) is 4.58. The van der Waals surface area contributed by atoms with Gasteiger partial charge in [-0.1, -0.05) is 32.1 Å². The predicted molar refractivity (Wildman–Crippen MR) is 87.0 cm³/mol. The molecule has 1 atom stereocenters. The Labute approximate surface area is 132 Å². The van der Waals surface area contributed by atoms with E-state index >= 15 is 0 Å². The number of nitrogens with zero attached hydrogens (tertiary/aromatic N) is 4. The van der Waals surface area contributed by atoms with Crippen LogP contribution in [-0.4, -0.2) is 19.7 Å². The Balaban J connectivity index is 1.78. The monoisotopic (exact) mass is 299 g/mol. The normalized spacial score (nSPS) is 17.5. The summed E-state index contributed by atoms with van der Waals surface area (Å²) in [5.41, 5.74) is 7.45. The Morgan fingerprint density at radius 1 is 1.23 bits per heavy atom. The number of aryl methyl sites for hydroxylation is 1. The van der Waals surface area contributed by atoms with Crippen molar-refractivity contribution in [1.82, 2.24) is 19.7 Å². The van der Waals surface area contributed by atoms with E-state index in [0.717, 1.165) is 36.1 Å². The second-order valence-corrected chi connectivity index (χ2v) is 6.19. The highest BCUT2D eigenvalue weighted by Crippen LogP contribution is 2.31. The lowest BCUT2D eigenvalue weighted by atomic mass is 9.85. The van der Waals surface area contributed by atoms with Gasteiger partial charge in [-0.15, -0.1) is 0 Å². The van der Waals surface area contributed by atoms with Crippen LogP contribution in [0.3, 0.4) is 0 Å². The van der Waals surface area contributed by atoms with Crippen LogP contribution in [0.1, 0.15) is 57.3 Å². The van der Waals surface area contributed by atoms with Crippen LogP contribution in [0.5, 0.6) is 0 Å². The molecule has 0 bridgehead atoms. The molecule has 1 fully saturated rings. The molecule has 5 heteroatoms. The van der Waals surface area contributed by atoms with Crippen molar-refractivity contribution in [2.75, 3.05) is 0 Å². The molecular weight excluding hydrogens is 274 g/mol. The first-order valence-electron chi connectivity index (χ1n) is 8.38. The van der Waals surface area contributed by atoms with Gasteiger partial charge in [0, 0.05) is 24.5 Å². The minimum Gasteiger partial charge on any atom is -0.321 e. The summed E-state index contributed by atoms with van der Waals surface area (Å²) in [4.78, 5) is 8.76. The quantitative estimate of drug-likeness (QED) is 0.919. The summed E-state index contributed by atoms with van der Waals surface area (Å²) in [6.45, 7) is 2.88. The average Bonchev–Trinajstić information content (AvgIpc) is 3.01. The summed E-state index contributed by atoms with van der Waals surface area (Å²) in [5, 5.41) is 4.61. The topological polar surface area (TPSA) is 69.6 Å². The van der Waals surface area contributed by atoms with Crippen molar-refractivity contribution in [3.8, 4) is 11.4 Å². The van der Waals surface area contributed by atoms with E-state index in [4.69, 9.17) is 10.7 Å². The van der Waals surface area contributed by atoms with E-state index in [9.17, 15) is 0 Å². The Hall–Kier alpha value is -1.75. The van der Waals surface area contributed by atoms with Gasteiger partial charge in [-0.2, -0.15) is 5.10 Å². The van der Waals surface area contributed by atoms with Crippen LogP contribution >= 0.6 is 0 Å². The Morgan fingerprint density at radius 3 is 2.64 bits per heavy atom. The zero-order chi connectivity index (χ0) is 15.4. The fourth-order valence-electron chi connectivity index (χ4n) is 3.37. The van der Waals surface area contributed by atoms with Crippen molar-refractivity contribution >= 4 is 0 Å². The van der Waals surface area contributed by atoms with Crippen LogP contribution in [0.15, 0.2) is 24.5 Å². The van der Waals surface area contributed by atoms with Crippen molar-refractivity contribution < 1.29 is 0 Å². The van der Waals surface area contributed by atoms with Gasteiger partial charge in [-0.25, -0.2) is 9.67 Å². The highest BCUT2D eigenvalue weighted by Gasteiger charge is 2.22. The van der Waals surface area contributed by atoms with E-state index < -0.39 is 0 Å². The minimum atomic E-state index is -0.0221. The molecule has 1 aliphatic rings. The number of hydrogen-bond acceptors (Lipinski definition) is 4. The summed E-state index contributed by atoms with van der Waals surface area (Å²) in [6, 6.07) is 3.85. The van der Waals surface area contributed by atoms with Crippen molar-refractivity contribution in [2.24, 2.45) is 11.7 Å². The van der Waals surface area contributed by atoms with E-state index in [1.807, 2.05) is 16.8 Å².